The first kappa shape index (κ1) is 19.0. The van der Waals surface area contributed by atoms with Crippen LogP contribution in [0.25, 0.3) is 0 Å². The molecule has 134 valence electrons. The molecule has 0 atom stereocenters. The van der Waals surface area contributed by atoms with E-state index in [0.29, 0.717) is 17.9 Å². The molecule has 3 nitrogen and oxygen atoms in total. The molecule has 0 saturated heterocycles. The topological polar surface area (TPSA) is 29.5 Å². The highest BCUT2D eigenvalue weighted by atomic mass is 16.5. The summed E-state index contributed by atoms with van der Waals surface area (Å²) in [6.45, 7) is 4.79. The quantitative estimate of drug-likeness (QED) is 0.620. The Morgan fingerprint density at radius 2 is 1.56 bits per heavy atom. The summed E-state index contributed by atoms with van der Waals surface area (Å²) in [5.74, 6) is 0.686. The van der Waals surface area contributed by atoms with Crippen LogP contribution in [0.3, 0.4) is 0 Å². The van der Waals surface area contributed by atoms with E-state index >= 15 is 0 Å². The Morgan fingerprint density at radius 3 is 2.20 bits per heavy atom. The minimum atomic E-state index is 0.0376. The second-order valence-corrected chi connectivity index (χ2v) is 6.42. The molecule has 0 fully saturated rings. The van der Waals surface area contributed by atoms with Crippen molar-refractivity contribution in [1.82, 2.24) is 4.90 Å². The first-order chi connectivity index (χ1) is 12.2. The van der Waals surface area contributed by atoms with Gasteiger partial charge in [-0.1, -0.05) is 69.2 Å². The zero-order chi connectivity index (χ0) is 18.1. The third-order valence-electron chi connectivity index (χ3n) is 4.47. The first-order valence-electron chi connectivity index (χ1n) is 9.20. The molecule has 0 bridgehead atoms. The van der Waals surface area contributed by atoms with Crippen LogP contribution in [0, 0.1) is 0 Å². The van der Waals surface area contributed by atoms with Gasteiger partial charge in [0.1, 0.15) is 12.4 Å². The number of para-hydroxylation sites is 1. The lowest BCUT2D eigenvalue weighted by atomic mass is 10.0. The van der Waals surface area contributed by atoms with Gasteiger partial charge in [0, 0.05) is 13.1 Å². The number of ether oxygens (including phenoxy) is 1. The Bertz CT molecular complexity index is 648. The van der Waals surface area contributed by atoms with E-state index in [-0.39, 0.29) is 11.9 Å². The Balaban J connectivity index is 2.13. The fourth-order valence-electron chi connectivity index (χ4n) is 3.06. The maximum absolute atomic E-state index is 13.0. The van der Waals surface area contributed by atoms with Crippen molar-refractivity contribution in [1.29, 1.82) is 0 Å². The van der Waals surface area contributed by atoms with Gasteiger partial charge in [-0.15, -0.1) is 0 Å². The molecular weight excluding hydrogens is 310 g/mol. The van der Waals surface area contributed by atoms with Gasteiger partial charge in [0.2, 0.25) is 0 Å². The summed E-state index contributed by atoms with van der Waals surface area (Å²) < 4.78 is 5.95. The van der Waals surface area contributed by atoms with Crippen LogP contribution >= 0.6 is 0 Å². The molecule has 1 amide bonds. The van der Waals surface area contributed by atoms with Crippen molar-refractivity contribution in [2.24, 2.45) is 0 Å². The molecule has 2 rings (SSSR count). The van der Waals surface area contributed by atoms with Crippen LogP contribution in [-0.2, 0) is 6.61 Å². The number of benzene rings is 2. The molecule has 0 unspecified atom stereocenters. The van der Waals surface area contributed by atoms with E-state index in [1.54, 1.807) is 0 Å². The molecule has 0 aliphatic carbocycles. The number of rotatable bonds is 9. The predicted octanol–water partition coefficient (Wildman–Crippen LogP) is 5.31. The maximum Gasteiger partial charge on any atom is 0.257 e. The molecule has 0 N–H and O–H groups in total. The number of amides is 1. The fourth-order valence-corrected chi connectivity index (χ4v) is 3.06. The summed E-state index contributed by atoms with van der Waals surface area (Å²) in [5, 5.41) is 0. The highest BCUT2D eigenvalue weighted by Crippen LogP contribution is 2.23. The summed E-state index contributed by atoms with van der Waals surface area (Å²) in [4.78, 5) is 14.9. The first-order valence-corrected chi connectivity index (χ1v) is 9.20. The van der Waals surface area contributed by atoms with E-state index in [9.17, 15) is 4.79 Å². The van der Waals surface area contributed by atoms with Crippen molar-refractivity contribution in [3.05, 3.63) is 65.7 Å². The molecule has 0 saturated carbocycles. The van der Waals surface area contributed by atoms with Crippen LogP contribution in [0.1, 0.15) is 55.5 Å². The van der Waals surface area contributed by atoms with Crippen molar-refractivity contribution < 1.29 is 9.53 Å². The smallest absolute Gasteiger partial charge is 0.257 e. The van der Waals surface area contributed by atoms with Crippen LogP contribution in [0.5, 0.6) is 5.75 Å². The van der Waals surface area contributed by atoms with E-state index in [1.165, 1.54) is 0 Å². The summed E-state index contributed by atoms with van der Waals surface area (Å²) in [6.07, 6.45) is 4.22. The Morgan fingerprint density at radius 1 is 0.960 bits per heavy atom. The molecule has 0 heterocycles. The van der Waals surface area contributed by atoms with E-state index in [4.69, 9.17) is 4.74 Å². The molecule has 0 radical (unpaired) electrons. The summed E-state index contributed by atoms with van der Waals surface area (Å²) in [6, 6.07) is 17.8. The lowest BCUT2D eigenvalue weighted by Gasteiger charge is -2.28. The van der Waals surface area contributed by atoms with Crippen LogP contribution in [0.4, 0.5) is 0 Å². The largest absolute Gasteiger partial charge is 0.488 e. The van der Waals surface area contributed by atoms with Crippen molar-refractivity contribution in [3.8, 4) is 5.75 Å². The van der Waals surface area contributed by atoms with Gasteiger partial charge in [0.25, 0.3) is 5.91 Å². The monoisotopic (exact) mass is 339 g/mol. The minimum Gasteiger partial charge on any atom is -0.488 e. The van der Waals surface area contributed by atoms with Crippen LogP contribution in [0.15, 0.2) is 54.6 Å². The molecule has 0 aromatic heterocycles. The van der Waals surface area contributed by atoms with Crippen molar-refractivity contribution in [2.45, 2.75) is 52.2 Å². The number of hydrogen-bond acceptors (Lipinski definition) is 2. The van der Waals surface area contributed by atoms with Crippen LogP contribution in [-0.4, -0.2) is 23.9 Å². The SMILES string of the molecule is CCCC(CCC)N(C)C(=O)c1ccccc1OCc1ccccc1. The normalized spacial score (nSPS) is 10.7. The number of hydrogen-bond donors (Lipinski definition) is 0. The standard InChI is InChI=1S/C22H29NO2/c1-4-11-19(12-5-2)23(3)22(24)20-15-9-10-16-21(20)25-17-18-13-7-6-8-14-18/h6-10,13-16,19H,4-5,11-12,17H2,1-3H3. The summed E-state index contributed by atoms with van der Waals surface area (Å²) in [5.41, 5.74) is 1.73. The molecule has 25 heavy (non-hydrogen) atoms. The molecule has 2 aromatic rings. The fraction of sp³-hybridized carbons (Fsp3) is 0.409. The maximum atomic E-state index is 13.0. The van der Waals surface area contributed by atoms with Gasteiger partial charge in [0.15, 0.2) is 0 Å². The highest BCUT2D eigenvalue weighted by molar-refractivity contribution is 5.97. The van der Waals surface area contributed by atoms with E-state index < -0.39 is 0 Å². The second-order valence-electron chi connectivity index (χ2n) is 6.42. The van der Waals surface area contributed by atoms with Gasteiger partial charge in [-0.05, 0) is 30.5 Å². The van der Waals surface area contributed by atoms with E-state index in [1.807, 2.05) is 66.5 Å². The predicted molar refractivity (Wildman–Crippen MR) is 103 cm³/mol. The average molecular weight is 339 g/mol. The zero-order valence-electron chi connectivity index (χ0n) is 15.6. The molecule has 0 spiro atoms. The molecule has 0 aliphatic heterocycles. The van der Waals surface area contributed by atoms with Gasteiger partial charge in [0.05, 0.1) is 5.56 Å². The summed E-state index contributed by atoms with van der Waals surface area (Å²) >= 11 is 0. The average Bonchev–Trinajstić information content (AvgIpc) is 2.66. The molecule has 0 aliphatic rings. The lowest BCUT2D eigenvalue weighted by molar-refractivity contribution is 0.0709. The molecular formula is C22H29NO2. The Hall–Kier alpha value is -2.29. The number of carbonyl (C=O) groups excluding carboxylic acids is 1. The van der Waals surface area contributed by atoms with Gasteiger partial charge in [-0.3, -0.25) is 4.79 Å². The third kappa shape index (κ3) is 5.35. The van der Waals surface area contributed by atoms with Gasteiger partial charge in [-0.2, -0.15) is 0 Å². The van der Waals surface area contributed by atoms with E-state index in [0.717, 1.165) is 31.2 Å². The van der Waals surface area contributed by atoms with Crippen LogP contribution < -0.4 is 4.74 Å². The van der Waals surface area contributed by atoms with Crippen molar-refractivity contribution in [3.63, 3.8) is 0 Å². The Kier molecular flexibility index (Phi) is 7.52. The van der Waals surface area contributed by atoms with Gasteiger partial charge < -0.3 is 9.64 Å². The third-order valence-corrected chi connectivity index (χ3v) is 4.47. The lowest BCUT2D eigenvalue weighted by Crippen LogP contribution is -2.37. The zero-order valence-corrected chi connectivity index (χ0v) is 15.6. The van der Waals surface area contributed by atoms with Gasteiger partial charge in [-0.25, -0.2) is 0 Å². The number of carbonyl (C=O) groups is 1. The molecule has 2 aromatic carbocycles. The molecule has 3 heteroatoms. The summed E-state index contributed by atoms with van der Waals surface area (Å²) in [7, 11) is 1.91. The van der Waals surface area contributed by atoms with Crippen molar-refractivity contribution >= 4 is 5.91 Å². The second kappa shape index (κ2) is 9.87. The minimum absolute atomic E-state index is 0.0376. The highest BCUT2D eigenvalue weighted by Gasteiger charge is 2.22. The van der Waals surface area contributed by atoms with Gasteiger partial charge >= 0.3 is 0 Å². The Labute approximate surface area is 151 Å². The van der Waals surface area contributed by atoms with E-state index in [2.05, 4.69) is 13.8 Å². The number of nitrogens with zero attached hydrogens (tertiary/aromatic N) is 1. The van der Waals surface area contributed by atoms with Crippen molar-refractivity contribution in [2.75, 3.05) is 7.05 Å². The van der Waals surface area contributed by atoms with Crippen LogP contribution in [0.2, 0.25) is 0 Å².